The van der Waals surface area contributed by atoms with Crippen molar-refractivity contribution in [2.24, 2.45) is 0 Å². The van der Waals surface area contributed by atoms with E-state index in [1.165, 1.54) is 11.1 Å². The Labute approximate surface area is 121 Å². The number of nitrogen functional groups attached to an aromatic ring is 1. The number of benzene rings is 1. The number of aromatic nitrogens is 2. The summed E-state index contributed by atoms with van der Waals surface area (Å²) in [6, 6.07) is 6.29. The van der Waals surface area contributed by atoms with Gasteiger partial charge in [-0.05, 0) is 31.9 Å². The van der Waals surface area contributed by atoms with Crippen LogP contribution < -0.4 is 5.73 Å². The summed E-state index contributed by atoms with van der Waals surface area (Å²) < 4.78 is 2.12. The second kappa shape index (κ2) is 4.97. The van der Waals surface area contributed by atoms with Gasteiger partial charge in [0.15, 0.2) is 0 Å². The molecule has 0 atom stereocenters. The lowest BCUT2D eigenvalue weighted by Gasteiger charge is -2.19. The largest absolute Gasteiger partial charge is 0.383 e. The maximum absolute atomic E-state index is 6.36. The Bertz CT molecular complexity index is 630. The summed E-state index contributed by atoms with van der Waals surface area (Å²) in [7, 11) is 0. The van der Waals surface area contributed by atoms with Crippen LogP contribution in [0.2, 0.25) is 0 Å². The van der Waals surface area contributed by atoms with Crippen LogP contribution in [0.5, 0.6) is 0 Å². The van der Waals surface area contributed by atoms with E-state index < -0.39 is 0 Å². The summed E-state index contributed by atoms with van der Waals surface area (Å²) in [5.74, 6) is 1.82. The topological polar surface area (TPSA) is 43.8 Å². The average molecular weight is 271 g/mol. The highest BCUT2D eigenvalue weighted by Crippen LogP contribution is 2.34. The fourth-order valence-corrected chi connectivity index (χ4v) is 2.56. The predicted octanol–water partition coefficient (Wildman–Crippen LogP) is 4.07. The smallest absolute Gasteiger partial charge is 0.131 e. The van der Waals surface area contributed by atoms with Crippen molar-refractivity contribution in [3.8, 4) is 11.3 Å². The van der Waals surface area contributed by atoms with Gasteiger partial charge in [-0.1, -0.05) is 39.0 Å². The Morgan fingerprint density at radius 1 is 1.20 bits per heavy atom. The molecule has 1 aromatic carbocycles. The summed E-state index contributed by atoms with van der Waals surface area (Å²) in [6.07, 6.45) is 0. The number of aryl methyl sites for hydroxylation is 1. The second-order valence-electron chi connectivity index (χ2n) is 6.41. The van der Waals surface area contributed by atoms with Crippen molar-refractivity contribution in [3.63, 3.8) is 0 Å². The van der Waals surface area contributed by atoms with Crippen LogP contribution in [0.25, 0.3) is 11.3 Å². The van der Waals surface area contributed by atoms with Crippen molar-refractivity contribution in [2.45, 2.75) is 53.5 Å². The van der Waals surface area contributed by atoms with Gasteiger partial charge in [-0.25, -0.2) is 4.98 Å². The molecule has 0 bridgehead atoms. The van der Waals surface area contributed by atoms with E-state index in [1.54, 1.807) is 0 Å². The lowest BCUT2D eigenvalue weighted by Crippen LogP contribution is -2.19. The molecule has 1 aromatic heterocycles. The minimum Gasteiger partial charge on any atom is -0.383 e. The predicted molar refractivity (Wildman–Crippen MR) is 85.9 cm³/mol. The molecule has 0 fully saturated rings. The lowest BCUT2D eigenvalue weighted by atomic mass is 9.95. The van der Waals surface area contributed by atoms with Gasteiger partial charge < -0.3 is 10.3 Å². The Morgan fingerprint density at radius 2 is 1.85 bits per heavy atom. The summed E-state index contributed by atoms with van der Waals surface area (Å²) >= 11 is 0. The van der Waals surface area contributed by atoms with Crippen molar-refractivity contribution >= 4 is 5.82 Å². The van der Waals surface area contributed by atoms with Gasteiger partial charge in [-0.15, -0.1) is 0 Å². The van der Waals surface area contributed by atoms with Crippen LogP contribution in [0.4, 0.5) is 5.82 Å². The van der Waals surface area contributed by atoms with Gasteiger partial charge in [-0.2, -0.15) is 0 Å². The first-order chi connectivity index (χ1) is 9.27. The first-order valence-electron chi connectivity index (χ1n) is 7.20. The van der Waals surface area contributed by atoms with Crippen LogP contribution in [0, 0.1) is 13.8 Å². The zero-order valence-electron chi connectivity index (χ0n) is 13.4. The highest BCUT2D eigenvalue weighted by atomic mass is 15.1. The lowest BCUT2D eigenvalue weighted by molar-refractivity contribution is 0.508. The monoisotopic (exact) mass is 271 g/mol. The summed E-state index contributed by atoms with van der Waals surface area (Å²) in [4.78, 5) is 4.86. The minimum atomic E-state index is -0.0138. The second-order valence-corrected chi connectivity index (χ2v) is 6.41. The Hall–Kier alpha value is -1.77. The molecule has 0 saturated heterocycles. The van der Waals surface area contributed by atoms with Gasteiger partial charge in [0.2, 0.25) is 0 Å². The molecule has 108 valence electrons. The van der Waals surface area contributed by atoms with E-state index in [9.17, 15) is 0 Å². The molecule has 1 heterocycles. The molecule has 0 radical (unpaired) electrons. The molecule has 20 heavy (non-hydrogen) atoms. The van der Waals surface area contributed by atoms with Gasteiger partial charge in [0, 0.05) is 17.5 Å². The zero-order chi connectivity index (χ0) is 15.1. The molecule has 0 unspecified atom stereocenters. The van der Waals surface area contributed by atoms with Crippen LogP contribution in [-0.4, -0.2) is 9.55 Å². The Kier molecular flexibility index (Phi) is 3.63. The normalized spacial score (nSPS) is 11.9. The molecule has 3 nitrogen and oxygen atoms in total. The van der Waals surface area contributed by atoms with Gasteiger partial charge in [0.1, 0.15) is 17.3 Å². The molecular formula is C17H25N3. The van der Waals surface area contributed by atoms with Crippen LogP contribution in [-0.2, 0) is 12.0 Å². The maximum Gasteiger partial charge on any atom is 0.131 e. The highest BCUT2D eigenvalue weighted by molar-refractivity contribution is 5.74. The Balaban J connectivity index is 2.70. The van der Waals surface area contributed by atoms with Crippen LogP contribution in [0.3, 0.4) is 0 Å². The van der Waals surface area contributed by atoms with Crippen molar-refractivity contribution < 1.29 is 0 Å². The number of nitrogens with two attached hydrogens (primary N) is 1. The van der Waals surface area contributed by atoms with E-state index in [-0.39, 0.29) is 5.41 Å². The maximum atomic E-state index is 6.36. The molecule has 2 aromatic rings. The third-order valence-electron chi connectivity index (χ3n) is 3.85. The first kappa shape index (κ1) is 14.6. The fourth-order valence-electron chi connectivity index (χ4n) is 2.56. The SMILES string of the molecule is CCn1c(C(C)(C)C)nc(-c2cccc(C)c2C)c1N. The molecule has 0 saturated carbocycles. The molecule has 0 aliphatic carbocycles. The van der Waals surface area contributed by atoms with Gasteiger partial charge in [0.25, 0.3) is 0 Å². The molecule has 2 N–H and O–H groups in total. The molecule has 0 aliphatic rings. The van der Waals surface area contributed by atoms with Crippen molar-refractivity contribution in [1.29, 1.82) is 0 Å². The minimum absolute atomic E-state index is 0.0138. The molecule has 2 rings (SSSR count). The summed E-state index contributed by atoms with van der Waals surface area (Å²) in [6.45, 7) is 13.7. The van der Waals surface area contributed by atoms with Gasteiger partial charge in [0.05, 0.1) is 0 Å². The van der Waals surface area contributed by atoms with E-state index in [2.05, 4.69) is 64.3 Å². The highest BCUT2D eigenvalue weighted by Gasteiger charge is 2.25. The number of rotatable bonds is 2. The number of anilines is 1. The van der Waals surface area contributed by atoms with Crippen molar-refractivity contribution in [1.82, 2.24) is 9.55 Å². The first-order valence-corrected chi connectivity index (χ1v) is 7.20. The van der Waals surface area contributed by atoms with E-state index in [4.69, 9.17) is 10.7 Å². The van der Waals surface area contributed by atoms with Crippen molar-refractivity contribution in [3.05, 3.63) is 35.2 Å². The van der Waals surface area contributed by atoms with E-state index in [0.29, 0.717) is 0 Å². The van der Waals surface area contributed by atoms with Crippen LogP contribution in [0.15, 0.2) is 18.2 Å². The number of hydrogen-bond donors (Lipinski definition) is 1. The van der Waals surface area contributed by atoms with E-state index in [0.717, 1.165) is 29.4 Å². The number of imidazole rings is 1. The summed E-state index contributed by atoms with van der Waals surface area (Å²) in [5.41, 5.74) is 10.9. The standard InChI is InChI=1S/C17H25N3/c1-7-20-15(18)14(19-16(20)17(4,5)6)13-10-8-9-11(2)12(13)3/h8-10H,7,18H2,1-6H3. The van der Waals surface area contributed by atoms with Gasteiger partial charge >= 0.3 is 0 Å². The summed E-state index contributed by atoms with van der Waals surface area (Å²) in [5, 5.41) is 0. The van der Waals surface area contributed by atoms with Crippen LogP contribution >= 0.6 is 0 Å². The van der Waals surface area contributed by atoms with Crippen molar-refractivity contribution in [2.75, 3.05) is 5.73 Å². The van der Waals surface area contributed by atoms with E-state index >= 15 is 0 Å². The zero-order valence-corrected chi connectivity index (χ0v) is 13.4. The third kappa shape index (κ3) is 2.33. The van der Waals surface area contributed by atoms with E-state index in [1.807, 2.05) is 0 Å². The Morgan fingerprint density at radius 3 is 2.35 bits per heavy atom. The third-order valence-corrected chi connectivity index (χ3v) is 3.85. The molecular weight excluding hydrogens is 246 g/mol. The average Bonchev–Trinajstić information content (AvgIpc) is 2.69. The molecule has 3 heteroatoms. The number of hydrogen-bond acceptors (Lipinski definition) is 2. The molecule has 0 aliphatic heterocycles. The number of nitrogens with zero attached hydrogens (tertiary/aromatic N) is 2. The molecule has 0 amide bonds. The quantitative estimate of drug-likeness (QED) is 0.895. The van der Waals surface area contributed by atoms with Crippen LogP contribution in [0.1, 0.15) is 44.6 Å². The fraction of sp³-hybridized carbons (Fsp3) is 0.471. The molecule has 0 spiro atoms. The van der Waals surface area contributed by atoms with Gasteiger partial charge in [-0.3, -0.25) is 0 Å².